The Labute approximate surface area is 106 Å². The molecule has 0 saturated carbocycles. The number of carbonyl (C=O) groups is 1. The van der Waals surface area contributed by atoms with Crippen LogP contribution < -0.4 is 0 Å². The fourth-order valence-electron chi connectivity index (χ4n) is 1.51. The summed E-state index contributed by atoms with van der Waals surface area (Å²) < 4.78 is 0.674. The molecule has 2 nitrogen and oxygen atoms in total. The molecule has 4 heteroatoms. The van der Waals surface area contributed by atoms with Crippen molar-refractivity contribution in [1.29, 1.82) is 0 Å². The highest BCUT2D eigenvalue weighted by Crippen LogP contribution is 2.21. The molecule has 90 valence electrons. The quantitative estimate of drug-likeness (QED) is 0.728. The molecule has 1 aromatic rings. The minimum Gasteiger partial charge on any atom is -0.299 e. The predicted octanol–water partition coefficient (Wildman–Crippen LogP) is 3.56. The van der Waals surface area contributed by atoms with Crippen molar-refractivity contribution in [3.63, 3.8) is 0 Å². The summed E-state index contributed by atoms with van der Waals surface area (Å²) in [6, 6.07) is 3.57. The molecule has 0 fully saturated rings. The van der Waals surface area contributed by atoms with Gasteiger partial charge in [-0.05, 0) is 25.1 Å². The third-order valence-electron chi connectivity index (χ3n) is 2.58. The molecule has 0 spiro atoms. The van der Waals surface area contributed by atoms with Gasteiger partial charge in [-0.3, -0.25) is 9.69 Å². The maximum atomic E-state index is 11.8. The first-order valence-electron chi connectivity index (χ1n) is 5.50. The van der Waals surface area contributed by atoms with Crippen molar-refractivity contribution in [3.05, 3.63) is 21.3 Å². The highest BCUT2D eigenvalue weighted by Gasteiger charge is 2.12. The molecule has 0 aliphatic carbocycles. The van der Waals surface area contributed by atoms with Crippen LogP contribution in [0.3, 0.4) is 0 Å². The Morgan fingerprint density at radius 3 is 2.75 bits per heavy atom. The molecule has 0 radical (unpaired) electrons. The van der Waals surface area contributed by atoms with Crippen LogP contribution in [0.5, 0.6) is 0 Å². The molecule has 16 heavy (non-hydrogen) atoms. The van der Waals surface area contributed by atoms with Crippen molar-refractivity contribution in [2.45, 2.75) is 20.3 Å². The van der Waals surface area contributed by atoms with E-state index in [1.807, 2.05) is 7.05 Å². The Morgan fingerprint density at radius 2 is 2.25 bits per heavy atom. The molecule has 0 aliphatic rings. The summed E-state index contributed by atoms with van der Waals surface area (Å²) >= 11 is 7.15. The maximum absolute atomic E-state index is 11.8. The van der Waals surface area contributed by atoms with Gasteiger partial charge < -0.3 is 0 Å². The first kappa shape index (κ1) is 13.7. The zero-order valence-corrected chi connectivity index (χ0v) is 11.6. The van der Waals surface area contributed by atoms with Gasteiger partial charge in [0.1, 0.15) is 0 Å². The van der Waals surface area contributed by atoms with Crippen LogP contribution in [0.15, 0.2) is 12.1 Å². The molecule has 0 N–H and O–H groups in total. The molecule has 0 aromatic carbocycles. The third kappa shape index (κ3) is 4.24. The normalized spacial score (nSPS) is 13.1. The molecule has 0 amide bonds. The molecule has 0 aliphatic heterocycles. The largest absolute Gasteiger partial charge is 0.299 e. The molecule has 0 bridgehead atoms. The molecule has 1 aromatic heterocycles. The van der Waals surface area contributed by atoms with Crippen molar-refractivity contribution < 1.29 is 4.79 Å². The predicted molar refractivity (Wildman–Crippen MR) is 70.6 cm³/mol. The minimum absolute atomic E-state index is 0.155. The Balaban J connectivity index is 2.45. The first-order valence-corrected chi connectivity index (χ1v) is 6.69. The number of likely N-dealkylation sites (N-methyl/N-ethyl adjacent to an activating group) is 1. The van der Waals surface area contributed by atoms with E-state index in [-0.39, 0.29) is 5.78 Å². The van der Waals surface area contributed by atoms with Crippen LogP contribution in [-0.4, -0.2) is 30.8 Å². The number of halogens is 1. The standard InChI is InChI=1S/C12H18ClNOS/c1-4-9(2)7-14(3)8-10(15)11-5-6-12(13)16-11/h5-6,9H,4,7-8H2,1-3H3. The van der Waals surface area contributed by atoms with E-state index < -0.39 is 0 Å². The van der Waals surface area contributed by atoms with Gasteiger partial charge in [0.2, 0.25) is 0 Å². The van der Waals surface area contributed by atoms with Gasteiger partial charge in [0.15, 0.2) is 5.78 Å². The van der Waals surface area contributed by atoms with Crippen LogP contribution in [0, 0.1) is 5.92 Å². The Kier molecular flexibility index (Phi) is 5.46. The van der Waals surface area contributed by atoms with E-state index in [0.29, 0.717) is 16.8 Å². The third-order valence-corrected chi connectivity index (χ3v) is 3.85. The van der Waals surface area contributed by atoms with Crippen molar-refractivity contribution >= 4 is 28.7 Å². The van der Waals surface area contributed by atoms with Gasteiger partial charge in [-0.25, -0.2) is 0 Å². The monoisotopic (exact) mass is 259 g/mol. The summed E-state index contributed by atoms with van der Waals surface area (Å²) in [6.07, 6.45) is 1.14. The average Bonchev–Trinajstić information content (AvgIpc) is 2.64. The summed E-state index contributed by atoms with van der Waals surface area (Å²) in [5.74, 6) is 0.785. The summed E-state index contributed by atoms with van der Waals surface area (Å²) in [4.78, 5) is 14.7. The second-order valence-corrected chi connectivity index (χ2v) is 5.95. The van der Waals surface area contributed by atoms with Crippen molar-refractivity contribution in [1.82, 2.24) is 4.90 Å². The topological polar surface area (TPSA) is 20.3 Å². The fraction of sp³-hybridized carbons (Fsp3) is 0.583. The highest BCUT2D eigenvalue weighted by molar-refractivity contribution is 7.18. The van der Waals surface area contributed by atoms with Gasteiger partial charge in [0, 0.05) is 6.54 Å². The summed E-state index contributed by atoms with van der Waals surface area (Å²) in [5.41, 5.74) is 0. The van der Waals surface area contributed by atoms with E-state index in [1.165, 1.54) is 11.3 Å². The van der Waals surface area contributed by atoms with Crippen molar-refractivity contribution in [2.24, 2.45) is 5.92 Å². The van der Waals surface area contributed by atoms with Crippen LogP contribution in [0.25, 0.3) is 0 Å². The zero-order chi connectivity index (χ0) is 12.1. The second kappa shape index (κ2) is 6.38. The van der Waals surface area contributed by atoms with E-state index in [9.17, 15) is 4.79 Å². The molecule has 1 atom stereocenters. The lowest BCUT2D eigenvalue weighted by atomic mass is 10.1. The summed E-state index contributed by atoms with van der Waals surface area (Å²) in [7, 11) is 1.99. The van der Waals surface area contributed by atoms with Gasteiger partial charge >= 0.3 is 0 Å². The van der Waals surface area contributed by atoms with Crippen LogP contribution in [-0.2, 0) is 0 Å². The number of thiophene rings is 1. The molecule has 0 saturated heterocycles. The molecule has 1 rings (SSSR count). The lowest BCUT2D eigenvalue weighted by Gasteiger charge is -2.19. The Hall–Kier alpha value is -0.380. The van der Waals surface area contributed by atoms with E-state index in [4.69, 9.17) is 11.6 Å². The van der Waals surface area contributed by atoms with Gasteiger partial charge in [-0.15, -0.1) is 11.3 Å². The zero-order valence-electron chi connectivity index (χ0n) is 10.00. The average molecular weight is 260 g/mol. The maximum Gasteiger partial charge on any atom is 0.186 e. The van der Waals surface area contributed by atoms with Gasteiger partial charge in [0.25, 0.3) is 0 Å². The number of carbonyl (C=O) groups excluding carboxylic acids is 1. The van der Waals surface area contributed by atoms with Gasteiger partial charge in [0.05, 0.1) is 15.8 Å². The number of hydrogen-bond donors (Lipinski definition) is 0. The SMILES string of the molecule is CCC(C)CN(C)CC(=O)c1ccc(Cl)s1. The van der Waals surface area contributed by atoms with Gasteiger partial charge in [-0.1, -0.05) is 31.9 Å². The second-order valence-electron chi connectivity index (χ2n) is 4.24. The van der Waals surface area contributed by atoms with Crippen molar-refractivity contribution in [3.8, 4) is 0 Å². The first-order chi connectivity index (χ1) is 7.52. The number of Topliss-reactive ketones (excluding diaryl/α,β-unsaturated/α-hetero) is 1. The molecular formula is C12H18ClNOS. The molecule has 1 heterocycles. The van der Waals surface area contributed by atoms with E-state index in [1.54, 1.807) is 12.1 Å². The van der Waals surface area contributed by atoms with Crippen LogP contribution >= 0.6 is 22.9 Å². The highest BCUT2D eigenvalue weighted by atomic mass is 35.5. The Morgan fingerprint density at radius 1 is 1.56 bits per heavy atom. The fourth-order valence-corrected chi connectivity index (χ4v) is 2.49. The lowest BCUT2D eigenvalue weighted by molar-refractivity contribution is 0.0943. The number of ketones is 1. The van der Waals surface area contributed by atoms with E-state index in [2.05, 4.69) is 18.7 Å². The van der Waals surface area contributed by atoms with Crippen LogP contribution in [0.1, 0.15) is 29.9 Å². The Bertz CT molecular complexity index is 351. The van der Waals surface area contributed by atoms with Crippen molar-refractivity contribution in [2.75, 3.05) is 20.1 Å². The number of hydrogen-bond acceptors (Lipinski definition) is 3. The smallest absolute Gasteiger partial charge is 0.186 e. The number of nitrogens with zero attached hydrogens (tertiary/aromatic N) is 1. The minimum atomic E-state index is 0.155. The van der Waals surface area contributed by atoms with Gasteiger partial charge in [-0.2, -0.15) is 0 Å². The van der Waals surface area contributed by atoms with Crippen LogP contribution in [0.4, 0.5) is 0 Å². The van der Waals surface area contributed by atoms with Crippen LogP contribution in [0.2, 0.25) is 4.34 Å². The molecular weight excluding hydrogens is 242 g/mol. The lowest BCUT2D eigenvalue weighted by Crippen LogP contribution is -2.29. The molecule has 1 unspecified atom stereocenters. The van der Waals surface area contributed by atoms with E-state index >= 15 is 0 Å². The van der Waals surface area contributed by atoms with E-state index in [0.717, 1.165) is 17.8 Å². The summed E-state index contributed by atoms with van der Waals surface area (Å²) in [6.45, 7) is 5.80. The number of rotatable bonds is 6. The summed E-state index contributed by atoms with van der Waals surface area (Å²) in [5, 5.41) is 0.